The zero-order valence-corrected chi connectivity index (χ0v) is 4.35. The quantitative estimate of drug-likeness (QED) is 0.502. The van der Waals surface area contributed by atoms with E-state index in [2.05, 4.69) is 5.32 Å². The average Bonchev–Trinajstić information content (AvgIpc) is 1.55. The molecule has 1 heterocycles. The van der Waals surface area contributed by atoms with Crippen molar-refractivity contribution in [3.63, 3.8) is 0 Å². The number of nitrogens with one attached hydrogen (secondary N) is 1. The summed E-state index contributed by atoms with van der Waals surface area (Å²) in [6, 6.07) is 0.630. The second kappa shape index (κ2) is 2.28. The molecule has 1 atom stereocenters. The minimum Gasteiger partial charge on any atom is -0.396 e. The van der Waals surface area contributed by atoms with Crippen molar-refractivity contribution < 1.29 is 5.11 Å². The molecule has 0 aromatic heterocycles. The van der Waals surface area contributed by atoms with E-state index >= 15 is 0 Å². The van der Waals surface area contributed by atoms with Crippen molar-refractivity contribution in [3.05, 3.63) is 0 Å². The molecule has 0 radical (unpaired) electrons. The Morgan fingerprint density at radius 1 is 1.71 bits per heavy atom. The first-order valence-electron chi connectivity index (χ1n) is 2.77. The number of rotatable bonds is 2. The molecule has 7 heavy (non-hydrogen) atoms. The van der Waals surface area contributed by atoms with Crippen LogP contribution in [0.2, 0.25) is 0 Å². The fourth-order valence-corrected chi connectivity index (χ4v) is 0.751. The maximum atomic E-state index is 8.36. The van der Waals surface area contributed by atoms with Gasteiger partial charge in [0.1, 0.15) is 0 Å². The Labute approximate surface area is 43.5 Å². The number of aliphatic hydroxyl groups is 1. The Bertz CT molecular complexity index is 52.0. The van der Waals surface area contributed by atoms with Crippen molar-refractivity contribution in [2.24, 2.45) is 0 Å². The maximum Gasteiger partial charge on any atom is 0.0445 e. The van der Waals surface area contributed by atoms with E-state index in [4.69, 9.17) is 5.11 Å². The summed E-state index contributed by atoms with van der Waals surface area (Å²) >= 11 is 0. The molecule has 1 aliphatic rings. The van der Waals surface area contributed by atoms with Crippen LogP contribution in [0.15, 0.2) is 0 Å². The fraction of sp³-hybridized carbons (Fsp3) is 1.00. The van der Waals surface area contributed by atoms with E-state index in [1.54, 1.807) is 0 Å². The van der Waals surface area contributed by atoms with Crippen molar-refractivity contribution in [1.29, 1.82) is 0 Å². The molecule has 0 bridgehead atoms. The van der Waals surface area contributed by atoms with Crippen molar-refractivity contribution in [2.45, 2.75) is 18.9 Å². The highest BCUT2D eigenvalue weighted by Gasteiger charge is 2.13. The molecule has 0 aliphatic carbocycles. The molecule has 2 nitrogen and oxygen atoms in total. The molecule has 0 aromatic carbocycles. The molecule has 1 aliphatic heterocycles. The molecule has 1 saturated heterocycles. The summed E-state index contributed by atoms with van der Waals surface area (Å²) in [6.07, 6.45) is 2.18. The Kier molecular flexibility index (Phi) is 1.65. The lowest BCUT2D eigenvalue weighted by atomic mass is 10.1. The van der Waals surface area contributed by atoms with Gasteiger partial charge in [-0.3, -0.25) is 0 Å². The third kappa shape index (κ3) is 1.14. The van der Waals surface area contributed by atoms with E-state index in [9.17, 15) is 0 Å². The maximum absolute atomic E-state index is 8.36. The highest BCUT2D eigenvalue weighted by atomic mass is 16.3. The monoisotopic (exact) mass is 101 g/mol. The van der Waals surface area contributed by atoms with Gasteiger partial charge in [0.2, 0.25) is 0 Å². The van der Waals surface area contributed by atoms with Crippen LogP contribution in [0.25, 0.3) is 0 Å². The van der Waals surface area contributed by atoms with Crippen LogP contribution in [-0.2, 0) is 0 Å². The summed E-state index contributed by atoms with van der Waals surface area (Å²) in [5.41, 5.74) is 0. The van der Waals surface area contributed by atoms with Gasteiger partial charge in [0, 0.05) is 12.6 Å². The van der Waals surface area contributed by atoms with Gasteiger partial charge in [0.25, 0.3) is 0 Å². The van der Waals surface area contributed by atoms with Gasteiger partial charge in [-0.15, -0.1) is 0 Å². The Hall–Kier alpha value is -0.0800. The molecule has 42 valence electrons. The Balaban J connectivity index is 1.93. The first-order chi connectivity index (χ1) is 3.43. The van der Waals surface area contributed by atoms with Gasteiger partial charge in [0.15, 0.2) is 0 Å². The molecule has 0 saturated carbocycles. The molecule has 2 heteroatoms. The van der Waals surface area contributed by atoms with Crippen LogP contribution in [0, 0.1) is 0 Å². The van der Waals surface area contributed by atoms with Gasteiger partial charge in [0.05, 0.1) is 0 Å². The zero-order chi connectivity index (χ0) is 5.11. The normalized spacial score (nSPS) is 29.6. The number of hydrogen-bond donors (Lipinski definition) is 2. The molecular weight excluding hydrogens is 90.1 g/mol. The molecule has 2 N–H and O–H groups in total. The predicted molar refractivity (Wildman–Crippen MR) is 28.1 cm³/mol. The van der Waals surface area contributed by atoms with Crippen LogP contribution < -0.4 is 5.32 Å². The van der Waals surface area contributed by atoms with Gasteiger partial charge in [-0.25, -0.2) is 0 Å². The lowest BCUT2D eigenvalue weighted by molar-refractivity contribution is 0.236. The molecule has 1 rings (SSSR count). The summed E-state index contributed by atoms with van der Waals surface area (Å²) in [5, 5.41) is 11.5. The standard InChI is InChI=1S/C5H11NO/c7-4-2-5-1-3-6-5/h5-7H,1-4H2. The highest BCUT2D eigenvalue weighted by molar-refractivity contribution is 4.76. The van der Waals surface area contributed by atoms with Gasteiger partial charge < -0.3 is 10.4 Å². The fourth-order valence-electron chi connectivity index (χ4n) is 0.751. The van der Waals surface area contributed by atoms with Crippen LogP contribution in [0.1, 0.15) is 12.8 Å². The average molecular weight is 101 g/mol. The van der Waals surface area contributed by atoms with Gasteiger partial charge in [-0.05, 0) is 19.4 Å². The molecular formula is C5H11NO. The van der Waals surface area contributed by atoms with E-state index in [-0.39, 0.29) is 0 Å². The molecule has 1 fully saturated rings. The van der Waals surface area contributed by atoms with Crippen LogP contribution >= 0.6 is 0 Å². The van der Waals surface area contributed by atoms with E-state index in [0.717, 1.165) is 13.0 Å². The Morgan fingerprint density at radius 3 is 2.57 bits per heavy atom. The van der Waals surface area contributed by atoms with Gasteiger partial charge in [-0.1, -0.05) is 0 Å². The van der Waals surface area contributed by atoms with E-state index in [0.29, 0.717) is 12.6 Å². The summed E-state index contributed by atoms with van der Waals surface area (Å²) in [4.78, 5) is 0. The van der Waals surface area contributed by atoms with E-state index in [1.165, 1.54) is 6.42 Å². The minimum atomic E-state index is 0.331. The Morgan fingerprint density at radius 2 is 2.43 bits per heavy atom. The van der Waals surface area contributed by atoms with Crippen molar-refractivity contribution >= 4 is 0 Å². The second-order valence-corrected chi connectivity index (χ2v) is 1.95. The first-order valence-corrected chi connectivity index (χ1v) is 2.77. The topological polar surface area (TPSA) is 32.3 Å². The molecule has 0 aromatic rings. The summed E-state index contributed by atoms with van der Waals surface area (Å²) in [5.74, 6) is 0. The number of aliphatic hydroxyl groups excluding tert-OH is 1. The minimum absolute atomic E-state index is 0.331. The van der Waals surface area contributed by atoms with Crippen LogP contribution in [0.4, 0.5) is 0 Å². The molecule has 0 amide bonds. The van der Waals surface area contributed by atoms with Crippen molar-refractivity contribution in [3.8, 4) is 0 Å². The predicted octanol–water partition coefficient (Wildman–Crippen LogP) is -0.269. The van der Waals surface area contributed by atoms with Gasteiger partial charge >= 0.3 is 0 Å². The van der Waals surface area contributed by atoms with Crippen LogP contribution in [0.5, 0.6) is 0 Å². The zero-order valence-electron chi connectivity index (χ0n) is 4.35. The van der Waals surface area contributed by atoms with Crippen molar-refractivity contribution in [1.82, 2.24) is 5.32 Å². The third-order valence-corrected chi connectivity index (χ3v) is 1.40. The lowest BCUT2D eigenvalue weighted by Gasteiger charge is -2.26. The third-order valence-electron chi connectivity index (χ3n) is 1.40. The van der Waals surface area contributed by atoms with Crippen molar-refractivity contribution in [2.75, 3.05) is 13.2 Å². The summed E-state index contributed by atoms with van der Waals surface area (Å²) < 4.78 is 0. The first kappa shape index (κ1) is 5.06. The van der Waals surface area contributed by atoms with Crippen LogP contribution in [0.3, 0.4) is 0 Å². The summed E-state index contributed by atoms with van der Waals surface area (Å²) in [7, 11) is 0. The second-order valence-electron chi connectivity index (χ2n) is 1.95. The lowest BCUT2D eigenvalue weighted by Crippen LogP contribution is -2.43. The largest absolute Gasteiger partial charge is 0.396 e. The SMILES string of the molecule is OCCC1CCN1. The molecule has 0 spiro atoms. The number of hydrogen-bond acceptors (Lipinski definition) is 2. The van der Waals surface area contributed by atoms with E-state index < -0.39 is 0 Å². The summed E-state index contributed by atoms with van der Waals surface area (Å²) in [6.45, 7) is 1.47. The molecule has 1 unspecified atom stereocenters. The van der Waals surface area contributed by atoms with Crippen LogP contribution in [-0.4, -0.2) is 24.3 Å². The highest BCUT2D eigenvalue weighted by Crippen LogP contribution is 2.04. The van der Waals surface area contributed by atoms with E-state index in [1.807, 2.05) is 0 Å². The van der Waals surface area contributed by atoms with Gasteiger partial charge in [-0.2, -0.15) is 0 Å². The smallest absolute Gasteiger partial charge is 0.0445 e.